The third-order valence-corrected chi connectivity index (χ3v) is 2.89. The largest absolute Gasteiger partial charge is 0.368 e. The molecule has 2 rings (SSSR count). The molecule has 0 bridgehead atoms. The van der Waals surface area contributed by atoms with Crippen LogP contribution < -0.4 is 5.32 Å². The van der Waals surface area contributed by atoms with Gasteiger partial charge in [-0.2, -0.15) is 0 Å². The second-order valence-corrected chi connectivity index (χ2v) is 4.12. The minimum atomic E-state index is -1.15. The predicted molar refractivity (Wildman–Crippen MR) is 60.7 cm³/mol. The summed E-state index contributed by atoms with van der Waals surface area (Å²) < 4.78 is 39.6. The SMILES string of the molecule is CCN1C(=O)CC(Nc2c(F)cc(F)cc2F)C1=O. The molecule has 1 aliphatic heterocycles. The molecule has 1 fully saturated rings. The van der Waals surface area contributed by atoms with E-state index < -0.39 is 41.0 Å². The maximum absolute atomic E-state index is 13.4. The van der Waals surface area contributed by atoms with Gasteiger partial charge in [-0.1, -0.05) is 0 Å². The summed E-state index contributed by atoms with van der Waals surface area (Å²) in [6.45, 7) is 1.82. The van der Waals surface area contributed by atoms with Crippen LogP contribution in [0.1, 0.15) is 13.3 Å². The average Bonchev–Trinajstić information content (AvgIpc) is 2.58. The first-order chi connectivity index (χ1) is 8.93. The Labute approximate surface area is 107 Å². The van der Waals surface area contributed by atoms with E-state index in [4.69, 9.17) is 0 Å². The van der Waals surface area contributed by atoms with Gasteiger partial charge < -0.3 is 5.32 Å². The van der Waals surface area contributed by atoms with Crippen LogP contribution in [0.3, 0.4) is 0 Å². The number of hydrogen-bond donors (Lipinski definition) is 1. The molecule has 0 saturated carbocycles. The number of likely N-dealkylation sites (N-methyl/N-ethyl adjacent to an activating group) is 1. The van der Waals surface area contributed by atoms with Gasteiger partial charge >= 0.3 is 0 Å². The Morgan fingerprint density at radius 2 is 1.84 bits per heavy atom. The fraction of sp³-hybridized carbons (Fsp3) is 0.333. The van der Waals surface area contributed by atoms with Crippen LogP contribution in [0, 0.1) is 17.5 Å². The van der Waals surface area contributed by atoms with Gasteiger partial charge in [-0.3, -0.25) is 14.5 Å². The molecule has 1 saturated heterocycles. The quantitative estimate of drug-likeness (QED) is 0.851. The standard InChI is InChI=1S/C12H11F3N2O2/c1-2-17-10(18)5-9(12(17)19)16-11-7(14)3-6(13)4-8(11)15/h3-4,9,16H,2,5H2,1H3. The third-order valence-electron chi connectivity index (χ3n) is 2.89. The van der Waals surface area contributed by atoms with Crippen molar-refractivity contribution in [3.8, 4) is 0 Å². The van der Waals surface area contributed by atoms with E-state index in [9.17, 15) is 22.8 Å². The predicted octanol–water partition coefficient (Wildman–Crippen LogP) is 1.66. The maximum atomic E-state index is 13.4. The number of halogens is 3. The van der Waals surface area contributed by atoms with Gasteiger partial charge in [-0.25, -0.2) is 13.2 Å². The fourth-order valence-electron chi connectivity index (χ4n) is 1.98. The molecule has 102 valence electrons. The molecule has 1 heterocycles. The zero-order chi connectivity index (χ0) is 14.2. The van der Waals surface area contributed by atoms with Gasteiger partial charge in [0.15, 0.2) is 11.6 Å². The molecule has 0 aliphatic carbocycles. The summed E-state index contributed by atoms with van der Waals surface area (Å²) >= 11 is 0. The first-order valence-corrected chi connectivity index (χ1v) is 5.69. The molecule has 4 nitrogen and oxygen atoms in total. The number of rotatable bonds is 3. The van der Waals surface area contributed by atoms with Crippen LogP contribution in [0.2, 0.25) is 0 Å². The second-order valence-electron chi connectivity index (χ2n) is 4.12. The number of amides is 2. The Morgan fingerprint density at radius 1 is 1.26 bits per heavy atom. The number of benzene rings is 1. The van der Waals surface area contributed by atoms with E-state index in [2.05, 4.69) is 5.32 Å². The summed E-state index contributed by atoms with van der Waals surface area (Å²) in [5.74, 6) is -4.30. The molecule has 2 amide bonds. The molecule has 1 atom stereocenters. The van der Waals surface area contributed by atoms with Gasteiger partial charge in [-0.05, 0) is 6.92 Å². The van der Waals surface area contributed by atoms with E-state index in [-0.39, 0.29) is 13.0 Å². The highest BCUT2D eigenvalue weighted by Crippen LogP contribution is 2.24. The molecule has 0 radical (unpaired) electrons. The molecule has 1 aromatic carbocycles. The number of nitrogens with one attached hydrogen (secondary N) is 1. The Kier molecular flexibility index (Phi) is 3.46. The Bertz CT molecular complexity index is 525. The van der Waals surface area contributed by atoms with Crippen LogP contribution in [0.25, 0.3) is 0 Å². The number of hydrogen-bond acceptors (Lipinski definition) is 3. The van der Waals surface area contributed by atoms with E-state index in [0.29, 0.717) is 12.1 Å². The van der Waals surface area contributed by atoms with Crippen molar-refractivity contribution in [2.75, 3.05) is 11.9 Å². The van der Waals surface area contributed by atoms with Crippen LogP contribution in [0.5, 0.6) is 0 Å². The van der Waals surface area contributed by atoms with Crippen molar-refractivity contribution >= 4 is 17.5 Å². The Hall–Kier alpha value is -2.05. The van der Waals surface area contributed by atoms with Gasteiger partial charge in [0.1, 0.15) is 17.5 Å². The fourth-order valence-corrected chi connectivity index (χ4v) is 1.98. The van der Waals surface area contributed by atoms with Gasteiger partial charge in [-0.15, -0.1) is 0 Å². The van der Waals surface area contributed by atoms with Crippen molar-refractivity contribution in [2.24, 2.45) is 0 Å². The minimum Gasteiger partial charge on any atom is -0.368 e. The molecule has 0 spiro atoms. The van der Waals surface area contributed by atoms with E-state index in [1.807, 2.05) is 0 Å². The molecule has 1 aliphatic rings. The summed E-state index contributed by atoms with van der Waals surface area (Å²) in [6, 6.07) is -0.0176. The first-order valence-electron chi connectivity index (χ1n) is 5.69. The highest BCUT2D eigenvalue weighted by Gasteiger charge is 2.38. The minimum absolute atomic E-state index is 0.178. The molecule has 1 N–H and O–H groups in total. The molecule has 7 heteroatoms. The number of imide groups is 1. The van der Waals surface area contributed by atoms with Crippen molar-refractivity contribution in [1.82, 2.24) is 4.90 Å². The zero-order valence-corrected chi connectivity index (χ0v) is 10.0. The van der Waals surface area contributed by atoms with Crippen molar-refractivity contribution in [2.45, 2.75) is 19.4 Å². The molecular formula is C12H11F3N2O2. The summed E-state index contributed by atoms with van der Waals surface area (Å²) in [4.78, 5) is 24.2. The van der Waals surface area contributed by atoms with Gasteiger partial charge in [0, 0.05) is 18.7 Å². The molecular weight excluding hydrogens is 261 g/mol. The summed E-state index contributed by atoms with van der Waals surface area (Å²) in [5, 5.41) is 2.32. The maximum Gasteiger partial charge on any atom is 0.252 e. The van der Waals surface area contributed by atoms with Crippen LogP contribution in [0.4, 0.5) is 18.9 Å². The first kappa shape index (κ1) is 13.4. The van der Waals surface area contributed by atoms with E-state index in [1.54, 1.807) is 6.92 Å². The average molecular weight is 272 g/mol. The van der Waals surface area contributed by atoms with E-state index in [0.717, 1.165) is 4.90 Å². The number of anilines is 1. The van der Waals surface area contributed by atoms with E-state index >= 15 is 0 Å². The van der Waals surface area contributed by atoms with Crippen LogP contribution in [-0.2, 0) is 9.59 Å². The Balaban J connectivity index is 2.24. The number of likely N-dealkylation sites (tertiary alicyclic amines) is 1. The van der Waals surface area contributed by atoms with Crippen molar-refractivity contribution in [1.29, 1.82) is 0 Å². The highest BCUT2D eigenvalue weighted by atomic mass is 19.1. The van der Waals surface area contributed by atoms with Gasteiger partial charge in [0.25, 0.3) is 5.91 Å². The normalized spacial score (nSPS) is 19.2. The van der Waals surface area contributed by atoms with Crippen molar-refractivity contribution in [3.63, 3.8) is 0 Å². The molecule has 0 aromatic heterocycles. The lowest BCUT2D eigenvalue weighted by Crippen LogP contribution is -2.34. The zero-order valence-electron chi connectivity index (χ0n) is 10.0. The Morgan fingerprint density at radius 3 is 2.32 bits per heavy atom. The lowest BCUT2D eigenvalue weighted by Gasteiger charge is -2.15. The van der Waals surface area contributed by atoms with Crippen molar-refractivity contribution in [3.05, 3.63) is 29.6 Å². The third kappa shape index (κ3) is 2.40. The summed E-state index contributed by atoms with van der Waals surface area (Å²) in [6.07, 6.45) is -0.178. The molecule has 19 heavy (non-hydrogen) atoms. The van der Waals surface area contributed by atoms with Gasteiger partial charge in [0.05, 0.1) is 6.42 Å². The summed E-state index contributed by atoms with van der Waals surface area (Å²) in [7, 11) is 0. The van der Waals surface area contributed by atoms with Crippen molar-refractivity contribution < 1.29 is 22.8 Å². The summed E-state index contributed by atoms with van der Waals surface area (Å²) in [5.41, 5.74) is -0.606. The van der Waals surface area contributed by atoms with Crippen LogP contribution in [0.15, 0.2) is 12.1 Å². The van der Waals surface area contributed by atoms with Crippen LogP contribution in [-0.4, -0.2) is 29.3 Å². The lowest BCUT2D eigenvalue weighted by atomic mass is 10.2. The topological polar surface area (TPSA) is 49.4 Å². The molecule has 1 unspecified atom stereocenters. The second kappa shape index (κ2) is 4.91. The monoisotopic (exact) mass is 272 g/mol. The van der Waals surface area contributed by atoms with Gasteiger partial charge in [0.2, 0.25) is 5.91 Å². The highest BCUT2D eigenvalue weighted by molar-refractivity contribution is 6.06. The molecule has 1 aromatic rings. The van der Waals surface area contributed by atoms with Crippen LogP contribution >= 0.6 is 0 Å². The van der Waals surface area contributed by atoms with E-state index in [1.165, 1.54) is 0 Å². The number of carbonyl (C=O) groups is 2. The number of nitrogens with zero attached hydrogens (tertiary/aromatic N) is 1. The lowest BCUT2D eigenvalue weighted by molar-refractivity contribution is -0.138. The number of carbonyl (C=O) groups excluding carboxylic acids is 2. The smallest absolute Gasteiger partial charge is 0.252 e.